The van der Waals surface area contributed by atoms with Gasteiger partial charge in [-0.2, -0.15) is 0 Å². The lowest BCUT2D eigenvalue weighted by Gasteiger charge is -2.05. The topological polar surface area (TPSA) is 141 Å². The molecule has 8 nitrogen and oxygen atoms in total. The molecule has 0 atom stereocenters. The summed E-state index contributed by atoms with van der Waals surface area (Å²) in [5, 5.41) is 27.7. The van der Waals surface area contributed by atoms with Crippen molar-refractivity contribution in [3.05, 3.63) is 29.3 Å². The van der Waals surface area contributed by atoms with Crippen LogP contribution in [-0.4, -0.2) is 39.1 Å². The number of carbonyl (C=O) groups is 4. The summed E-state index contributed by atoms with van der Waals surface area (Å²) in [7, 11) is 0. The molecule has 0 saturated heterocycles. The van der Waals surface area contributed by atoms with Gasteiger partial charge in [0.25, 0.3) is 0 Å². The van der Waals surface area contributed by atoms with Gasteiger partial charge in [0.2, 0.25) is 0 Å². The van der Waals surface area contributed by atoms with Crippen molar-refractivity contribution >= 4 is 29.5 Å². The first-order chi connectivity index (χ1) is 8.31. The second-order valence-electron chi connectivity index (χ2n) is 3.17. The summed E-state index contributed by atoms with van der Waals surface area (Å²) in [5.41, 5.74) is -0.981. The maximum Gasteiger partial charge on any atom is 0.394 e. The van der Waals surface area contributed by atoms with E-state index in [1.54, 1.807) is 0 Å². The molecule has 0 unspecified atom stereocenters. The van der Waals surface area contributed by atoms with Gasteiger partial charge in [-0.1, -0.05) is 0 Å². The van der Waals surface area contributed by atoms with Crippen LogP contribution in [0, 0.1) is 0 Å². The molecule has 0 heterocycles. The van der Waals surface area contributed by atoms with E-state index in [1.807, 2.05) is 5.32 Å². The Balaban J connectivity index is 3.19. The monoisotopic (exact) mass is 253 g/mol. The Bertz CT molecular complexity index is 517. The largest absolute Gasteiger partial charge is 0.478 e. The van der Waals surface area contributed by atoms with Crippen molar-refractivity contribution in [1.82, 2.24) is 0 Å². The number of carboxylic acid groups (broad SMARTS) is 3. The second-order valence-corrected chi connectivity index (χ2v) is 3.17. The number of hydrogen-bond acceptors (Lipinski definition) is 4. The SMILES string of the molecule is O=C(O)C(=O)Nc1cc(C(=O)O)cc(C(=O)O)c1. The highest BCUT2D eigenvalue weighted by molar-refractivity contribution is 6.36. The van der Waals surface area contributed by atoms with Gasteiger partial charge in [-0.05, 0) is 18.2 Å². The lowest BCUT2D eigenvalue weighted by atomic mass is 10.1. The number of amides is 1. The van der Waals surface area contributed by atoms with Crippen LogP contribution in [0.4, 0.5) is 5.69 Å². The van der Waals surface area contributed by atoms with Gasteiger partial charge in [0.05, 0.1) is 11.1 Å². The number of nitrogens with one attached hydrogen (secondary N) is 1. The van der Waals surface area contributed by atoms with E-state index in [-0.39, 0.29) is 16.8 Å². The van der Waals surface area contributed by atoms with Crippen LogP contribution < -0.4 is 5.32 Å². The van der Waals surface area contributed by atoms with Crippen LogP contribution in [0.3, 0.4) is 0 Å². The number of carbonyl (C=O) groups excluding carboxylic acids is 1. The smallest absolute Gasteiger partial charge is 0.394 e. The Morgan fingerprint density at radius 1 is 0.833 bits per heavy atom. The fraction of sp³-hybridized carbons (Fsp3) is 0. The molecule has 0 aliphatic rings. The van der Waals surface area contributed by atoms with Gasteiger partial charge < -0.3 is 20.6 Å². The lowest BCUT2D eigenvalue weighted by Crippen LogP contribution is -2.22. The molecule has 0 bridgehead atoms. The van der Waals surface area contributed by atoms with Crippen LogP contribution in [0.15, 0.2) is 18.2 Å². The summed E-state index contributed by atoms with van der Waals surface area (Å²) in [6.45, 7) is 0. The molecule has 0 aliphatic heterocycles. The molecule has 1 rings (SSSR count). The van der Waals surface area contributed by atoms with E-state index in [2.05, 4.69) is 0 Å². The van der Waals surface area contributed by atoms with Crippen molar-refractivity contribution in [2.24, 2.45) is 0 Å². The van der Waals surface area contributed by atoms with Gasteiger partial charge in [0.15, 0.2) is 0 Å². The minimum atomic E-state index is -1.77. The highest BCUT2D eigenvalue weighted by Gasteiger charge is 2.15. The predicted octanol–water partition coefficient (Wildman–Crippen LogP) is 0.106. The molecule has 18 heavy (non-hydrogen) atoms. The van der Waals surface area contributed by atoms with Crippen LogP contribution in [0.25, 0.3) is 0 Å². The molecule has 0 spiro atoms. The third kappa shape index (κ3) is 3.04. The van der Waals surface area contributed by atoms with E-state index >= 15 is 0 Å². The molecule has 94 valence electrons. The molecule has 1 aromatic carbocycles. The zero-order valence-corrected chi connectivity index (χ0v) is 8.71. The van der Waals surface area contributed by atoms with Crippen molar-refractivity contribution in [2.75, 3.05) is 5.32 Å². The minimum absolute atomic E-state index is 0.222. The Morgan fingerprint density at radius 3 is 1.61 bits per heavy atom. The van der Waals surface area contributed by atoms with Crippen LogP contribution in [-0.2, 0) is 9.59 Å². The summed E-state index contributed by atoms with van der Waals surface area (Å²) in [6, 6.07) is 2.80. The van der Waals surface area contributed by atoms with Crippen molar-refractivity contribution in [2.45, 2.75) is 0 Å². The highest BCUT2D eigenvalue weighted by atomic mass is 16.4. The molecular formula is C10H7NO7. The van der Waals surface area contributed by atoms with E-state index in [0.29, 0.717) is 0 Å². The third-order valence-electron chi connectivity index (χ3n) is 1.88. The van der Waals surface area contributed by atoms with Crippen molar-refractivity contribution in [3.8, 4) is 0 Å². The molecule has 0 fully saturated rings. The molecule has 8 heteroatoms. The maximum absolute atomic E-state index is 10.9. The summed E-state index contributed by atoms with van der Waals surface area (Å²) >= 11 is 0. The van der Waals surface area contributed by atoms with Gasteiger partial charge in [-0.3, -0.25) is 4.79 Å². The first-order valence-electron chi connectivity index (χ1n) is 4.47. The van der Waals surface area contributed by atoms with Gasteiger partial charge in [0.1, 0.15) is 0 Å². The number of aliphatic carboxylic acids is 1. The molecule has 0 radical (unpaired) electrons. The number of hydrogen-bond donors (Lipinski definition) is 4. The Kier molecular flexibility index (Phi) is 3.62. The average molecular weight is 253 g/mol. The quantitative estimate of drug-likeness (QED) is 0.560. The molecular weight excluding hydrogens is 246 g/mol. The zero-order chi connectivity index (χ0) is 13.9. The molecule has 1 aromatic rings. The van der Waals surface area contributed by atoms with Gasteiger partial charge in [0, 0.05) is 5.69 Å². The van der Waals surface area contributed by atoms with Gasteiger partial charge >= 0.3 is 23.8 Å². The first-order valence-corrected chi connectivity index (χ1v) is 4.47. The lowest BCUT2D eigenvalue weighted by molar-refractivity contribution is -0.147. The van der Waals surface area contributed by atoms with E-state index in [0.717, 1.165) is 18.2 Å². The molecule has 0 saturated carbocycles. The van der Waals surface area contributed by atoms with Crippen LogP contribution in [0.1, 0.15) is 20.7 Å². The molecule has 0 aliphatic carbocycles. The first kappa shape index (κ1) is 13.2. The highest BCUT2D eigenvalue weighted by Crippen LogP contribution is 2.15. The molecule has 0 aromatic heterocycles. The normalized spacial score (nSPS) is 9.56. The predicted molar refractivity (Wildman–Crippen MR) is 56.6 cm³/mol. The number of benzene rings is 1. The summed E-state index contributed by atoms with van der Waals surface area (Å²) in [4.78, 5) is 42.6. The number of aromatic carboxylic acids is 2. The van der Waals surface area contributed by atoms with E-state index < -0.39 is 23.8 Å². The van der Waals surface area contributed by atoms with Crippen LogP contribution in [0.5, 0.6) is 0 Å². The minimum Gasteiger partial charge on any atom is -0.478 e. The fourth-order valence-corrected chi connectivity index (χ4v) is 1.13. The third-order valence-corrected chi connectivity index (χ3v) is 1.88. The molecule has 1 amide bonds. The van der Waals surface area contributed by atoms with Crippen LogP contribution >= 0.6 is 0 Å². The van der Waals surface area contributed by atoms with E-state index in [9.17, 15) is 19.2 Å². The maximum atomic E-state index is 10.9. The van der Waals surface area contributed by atoms with Crippen LogP contribution in [0.2, 0.25) is 0 Å². The summed E-state index contributed by atoms with van der Waals surface area (Å²) < 4.78 is 0. The number of carboxylic acids is 3. The fourth-order valence-electron chi connectivity index (χ4n) is 1.13. The second kappa shape index (κ2) is 4.95. The number of rotatable bonds is 3. The summed E-state index contributed by atoms with van der Waals surface area (Å²) in [6.07, 6.45) is 0. The Hall–Kier alpha value is -2.90. The molecule has 4 N–H and O–H groups in total. The average Bonchev–Trinajstić information content (AvgIpc) is 2.28. The number of anilines is 1. The summed E-state index contributed by atoms with van der Waals surface area (Å²) in [5.74, 6) is -5.96. The zero-order valence-electron chi connectivity index (χ0n) is 8.71. The van der Waals surface area contributed by atoms with Crippen molar-refractivity contribution < 1.29 is 34.5 Å². The van der Waals surface area contributed by atoms with Gasteiger partial charge in [-0.25, -0.2) is 14.4 Å². The van der Waals surface area contributed by atoms with E-state index in [1.165, 1.54) is 0 Å². The standard InChI is InChI=1S/C10H7NO7/c12-7(10(17)18)11-6-2-4(8(13)14)1-5(3-6)9(15)16/h1-3H,(H,11,12)(H,13,14)(H,15,16)(H,17,18). The van der Waals surface area contributed by atoms with Gasteiger partial charge in [-0.15, -0.1) is 0 Å². The van der Waals surface area contributed by atoms with Crippen molar-refractivity contribution in [1.29, 1.82) is 0 Å². The van der Waals surface area contributed by atoms with Crippen molar-refractivity contribution in [3.63, 3.8) is 0 Å². The van der Waals surface area contributed by atoms with E-state index in [4.69, 9.17) is 15.3 Å². The Morgan fingerprint density at radius 2 is 1.28 bits per heavy atom. The Labute approximate surface area is 99.5 Å².